The van der Waals surface area contributed by atoms with Crippen LogP contribution in [0.25, 0.3) is 17.2 Å². The monoisotopic (exact) mass is 1270 g/mol. The molecule has 1 fully saturated rings. The molecule has 0 radical (unpaired) electrons. The number of hydrogen-bond acceptors (Lipinski definition) is 22. The van der Waals surface area contributed by atoms with Gasteiger partial charge in [-0.3, -0.25) is 18.9 Å². The maximum atomic E-state index is 14.0. The molecule has 1 saturated carbocycles. The summed E-state index contributed by atoms with van der Waals surface area (Å²) in [7, 11) is -5.65. The SMILES string of the molecule is CCCN(CCCNC(=O)OC1CCC1)C(=O)C1=Cc2ccc(-c3cnc(CNC(=O)CCOCCOCCOCCOCCOCCOCCOCCOCCOCCOCCC(=O)Oc4c(F)c(F)c(S(=O)(=O)O)c(F)c4F)nc3)cc2N=C(N)C1. The molecule has 1 aliphatic heterocycles. The van der Waals surface area contributed by atoms with E-state index in [2.05, 4.69) is 30.3 Å². The molecule has 31 heteroatoms. The molecule has 5 rings (SSSR count). The van der Waals surface area contributed by atoms with E-state index in [9.17, 15) is 45.2 Å². The minimum atomic E-state index is -5.65. The molecule has 0 unspecified atom stereocenters. The lowest BCUT2D eigenvalue weighted by molar-refractivity contribution is -0.136. The molecule has 0 spiro atoms. The number of halogens is 4. The van der Waals surface area contributed by atoms with E-state index in [1.165, 1.54) is 0 Å². The molecule has 2 aliphatic rings. The van der Waals surface area contributed by atoms with Crippen molar-refractivity contribution in [3.8, 4) is 16.9 Å². The van der Waals surface area contributed by atoms with E-state index in [0.717, 1.165) is 42.4 Å². The molecule has 1 aromatic heterocycles. The number of amides is 3. The van der Waals surface area contributed by atoms with Gasteiger partial charge in [-0.25, -0.2) is 28.5 Å². The zero-order chi connectivity index (χ0) is 63.4. The Hall–Kier alpha value is -6.36. The van der Waals surface area contributed by atoms with Gasteiger partial charge >= 0.3 is 22.2 Å². The second kappa shape index (κ2) is 41.0. The Balaban J connectivity index is 0.755. The normalized spacial score (nSPS) is 13.2. The van der Waals surface area contributed by atoms with Crippen LogP contribution in [0.2, 0.25) is 0 Å². The predicted octanol–water partition coefficient (Wildman–Crippen LogP) is 4.80. The summed E-state index contributed by atoms with van der Waals surface area (Å²) in [4.78, 5) is 63.1. The standard InChI is InChI=1S/C57H79F4N7O19S/c1-2-12-68(13-4-11-63-57(72)86-44-5-3-6-44)56(71)42-34-41-8-7-40(35-45(41)67-46(62)36-42)43-37-64-47(65-38-43)39-66-48(69)9-14-76-16-18-78-20-22-80-24-26-82-28-30-84-32-33-85-31-29-83-27-25-81-23-21-79-19-17-77-15-10-49(70)87-54-50(58)52(60)55(88(73,74)75)53(61)51(54)59/h7-8,34-35,37-38,44H,2-6,9-33,36,39H2,1H3,(H2,62,67)(H,63,72)(H,66,69)(H,73,74,75). The molecule has 88 heavy (non-hydrogen) atoms. The van der Waals surface area contributed by atoms with Gasteiger partial charge in [0.05, 0.1) is 151 Å². The average molecular weight is 1270 g/mol. The largest absolute Gasteiger partial charge is 0.446 e. The molecule has 490 valence electrons. The third-order valence-corrected chi connectivity index (χ3v) is 13.5. The number of aliphatic imine (C=N–C) groups is 1. The molecule has 3 amide bonds. The second-order valence-corrected chi connectivity index (χ2v) is 20.8. The first-order valence-corrected chi connectivity index (χ1v) is 30.3. The minimum Gasteiger partial charge on any atom is -0.446 e. The average Bonchev–Trinajstić information content (AvgIpc) is 1.87. The Bertz CT molecular complexity index is 2790. The summed E-state index contributed by atoms with van der Waals surface area (Å²) in [5.41, 5.74) is 9.78. The number of amidine groups is 1. The quantitative estimate of drug-likeness (QED) is 0.0147. The zero-order valence-electron chi connectivity index (χ0n) is 49.3. The molecular weight excluding hydrogens is 1190 g/mol. The van der Waals surface area contributed by atoms with Crippen LogP contribution in [-0.2, 0) is 83.2 Å². The van der Waals surface area contributed by atoms with Crippen LogP contribution in [0.4, 0.5) is 28.0 Å². The Kier molecular flexibility index (Phi) is 33.8. The first-order chi connectivity index (χ1) is 42.5. The van der Waals surface area contributed by atoms with E-state index < -0.39 is 62.5 Å². The van der Waals surface area contributed by atoms with Gasteiger partial charge in [-0.15, -0.1) is 0 Å². The third-order valence-electron chi connectivity index (χ3n) is 12.7. The molecule has 2 heterocycles. The van der Waals surface area contributed by atoms with Gasteiger partial charge in [-0.1, -0.05) is 19.1 Å². The van der Waals surface area contributed by atoms with Crippen LogP contribution in [0.15, 0.2) is 46.1 Å². The first kappa shape index (κ1) is 72.4. The molecule has 1 aliphatic carbocycles. The number of aromatic nitrogens is 2. The number of esters is 1. The maximum Gasteiger partial charge on any atom is 0.407 e. The molecule has 2 aromatic carbocycles. The third kappa shape index (κ3) is 27.2. The van der Waals surface area contributed by atoms with Crippen LogP contribution in [-0.4, -0.2) is 215 Å². The molecule has 0 atom stereocenters. The van der Waals surface area contributed by atoms with Gasteiger partial charge in [0.25, 0.3) is 0 Å². The zero-order valence-corrected chi connectivity index (χ0v) is 50.1. The maximum absolute atomic E-state index is 14.0. The molecule has 26 nitrogen and oxygen atoms in total. The lowest BCUT2D eigenvalue weighted by Crippen LogP contribution is -2.37. The van der Waals surface area contributed by atoms with Crippen LogP contribution in [0.3, 0.4) is 0 Å². The highest BCUT2D eigenvalue weighted by atomic mass is 32.2. The number of carbonyl (C=O) groups is 4. The van der Waals surface area contributed by atoms with Gasteiger partial charge in [-0.2, -0.15) is 17.2 Å². The summed E-state index contributed by atoms with van der Waals surface area (Å²) >= 11 is 0. The van der Waals surface area contributed by atoms with Crippen molar-refractivity contribution >= 4 is 51.6 Å². The van der Waals surface area contributed by atoms with Crippen molar-refractivity contribution in [3.05, 3.63) is 70.8 Å². The first-order valence-electron chi connectivity index (χ1n) is 28.9. The van der Waals surface area contributed by atoms with Crippen molar-refractivity contribution in [2.45, 2.75) is 75.8 Å². The van der Waals surface area contributed by atoms with Crippen LogP contribution in [0, 0.1) is 23.3 Å². The Morgan fingerprint density at radius 2 is 1.15 bits per heavy atom. The Labute approximate surface area is 508 Å². The second-order valence-electron chi connectivity index (χ2n) is 19.4. The fourth-order valence-electron chi connectivity index (χ4n) is 7.97. The van der Waals surface area contributed by atoms with Gasteiger partial charge in [0.15, 0.2) is 16.5 Å². The number of ether oxygens (including phenoxy) is 12. The number of rotatable bonds is 46. The Morgan fingerprint density at radius 1 is 0.659 bits per heavy atom. The summed E-state index contributed by atoms with van der Waals surface area (Å²) in [5.74, 6) is -12.3. The van der Waals surface area contributed by atoms with Gasteiger partial charge in [0, 0.05) is 61.6 Å². The Morgan fingerprint density at radius 3 is 1.61 bits per heavy atom. The van der Waals surface area contributed by atoms with Crippen LogP contribution in [0.1, 0.15) is 69.7 Å². The van der Waals surface area contributed by atoms with E-state index in [4.69, 9.17) is 62.4 Å². The number of carbonyl (C=O) groups excluding carboxylic acids is 4. The van der Waals surface area contributed by atoms with E-state index in [1.54, 1.807) is 17.3 Å². The number of alkyl carbamates (subject to hydrolysis) is 1. The van der Waals surface area contributed by atoms with Crippen molar-refractivity contribution in [2.75, 3.05) is 152 Å². The minimum absolute atomic E-state index is 0.00928. The summed E-state index contributed by atoms with van der Waals surface area (Å²) < 4.78 is 150. The molecule has 5 N–H and O–H groups in total. The van der Waals surface area contributed by atoms with E-state index in [1.807, 2.05) is 31.2 Å². The van der Waals surface area contributed by atoms with Crippen LogP contribution >= 0.6 is 0 Å². The van der Waals surface area contributed by atoms with Crippen molar-refractivity contribution < 1.29 is 107 Å². The van der Waals surface area contributed by atoms with Crippen molar-refractivity contribution in [1.29, 1.82) is 0 Å². The highest BCUT2D eigenvalue weighted by molar-refractivity contribution is 7.85. The molecular formula is C57H79F4N7O19S. The number of nitrogens with zero attached hydrogens (tertiary/aromatic N) is 4. The van der Waals surface area contributed by atoms with Crippen LogP contribution < -0.4 is 21.1 Å². The molecule has 3 aromatic rings. The van der Waals surface area contributed by atoms with Crippen molar-refractivity contribution in [1.82, 2.24) is 25.5 Å². The fourth-order valence-corrected chi connectivity index (χ4v) is 8.60. The number of hydrogen-bond donors (Lipinski definition) is 4. The smallest absolute Gasteiger partial charge is 0.407 e. The van der Waals surface area contributed by atoms with Crippen molar-refractivity contribution in [2.24, 2.45) is 10.7 Å². The predicted molar refractivity (Wildman–Crippen MR) is 306 cm³/mol. The number of benzene rings is 2. The van der Waals surface area contributed by atoms with E-state index in [0.29, 0.717) is 141 Å². The lowest BCUT2D eigenvalue weighted by Gasteiger charge is -2.25. The van der Waals surface area contributed by atoms with Crippen LogP contribution in [0.5, 0.6) is 5.75 Å². The van der Waals surface area contributed by atoms with Crippen molar-refractivity contribution in [3.63, 3.8) is 0 Å². The number of nitrogens with two attached hydrogens (primary N) is 1. The highest BCUT2D eigenvalue weighted by Crippen LogP contribution is 2.34. The topological polar surface area (TPSA) is 325 Å². The van der Waals surface area contributed by atoms with Gasteiger partial charge in [-0.05, 0) is 49.8 Å². The lowest BCUT2D eigenvalue weighted by atomic mass is 9.96. The summed E-state index contributed by atoms with van der Waals surface area (Å²) in [6.07, 6.45) is 8.78. The molecule has 0 bridgehead atoms. The molecule has 0 saturated heterocycles. The van der Waals surface area contributed by atoms with E-state index >= 15 is 0 Å². The van der Waals surface area contributed by atoms with Gasteiger partial charge in [0.2, 0.25) is 29.2 Å². The van der Waals surface area contributed by atoms with Gasteiger partial charge in [0.1, 0.15) is 17.8 Å². The number of fused-ring (bicyclic) bond motifs is 1. The van der Waals surface area contributed by atoms with E-state index in [-0.39, 0.29) is 76.9 Å². The summed E-state index contributed by atoms with van der Waals surface area (Å²) in [5, 5.41) is 5.59. The summed E-state index contributed by atoms with van der Waals surface area (Å²) in [6, 6.07) is 5.66. The fraction of sp³-hybridized carbons (Fsp3) is 0.596. The number of nitrogens with one attached hydrogen (secondary N) is 2. The highest BCUT2D eigenvalue weighted by Gasteiger charge is 2.34. The summed E-state index contributed by atoms with van der Waals surface area (Å²) in [6.45, 7) is 9.19. The van der Waals surface area contributed by atoms with Gasteiger partial charge < -0.3 is 78.1 Å².